The van der Waals surface area contributed by atoms with Crippen LogP contribution < -0.4 is 10.6 Å². The number of carbonyl (C=O) groups excluding carboxylic acids is 1. The summed E-state index contributed by atoms with van der Waals surface area (Å²) >= 11 is 3.49. The molecule has 0 heterocycles. The number of ether oxygens (including phenoxy) is 1. The molecule has 1 aromatic carbocycles. The van der Waals surface area contributed by atoms with E-state index >= 15 is 0 Å². The highest BCUT2D eigenvalue weighted by Crippen LogP contribution is 2.42. The Morgan fingerprint density at radius 3 is 2.28 bits per heavy atom. The predicted molar refractivity (Wildman–Crippen MR) is 104 cm³/mol. The van der Waals surface area contributed by atoms with Crippen molar-refractivity contribution >= 4 is 22.0 Å². The Bertz CT molecular complexity index is 589. The summed E-state index contributed by atoms with van der Waals surface area (Å²) in [4.78, 5) is 11.9. The lowest BCUT2D eigenvalue weighted by Gasteiger charge is -2.30. The molecule has 0 spiro atoms. The number of rotatable bonds is 4. The molecule has 1 amide bonds. The second-order valence-electron chi connectivity index (χ2n) is 8.36. The Morgan fingerprint density at radius 1 is 1.08 bits per heavy atom. The highest BCUT2D eigenvalue weighted by Gasteiger charge is 2.40. The first-order chi connectivity index (χ1) is 11.8. The van der Waals surface area contributed by atoms with Gasteiger partial charge in [-0.2, -0.15) is 0 Å². The van der Waals surface area contributed by atoms with Crippen LogP contribution in [0, 0.1) is 0 Å². The van der Waals surface area contributed by atoms with Gasteiger partial charge in [-0.05, 0) is 70.6 Å². The quantitative estimate of drug-likeness (QED) is 0.756. The Labute approximate surface area is 159 Å². The van der Waals surface area contributed by atoms with Gasteiger partial charge in [0.25, 0.3) is 0 Å². The number of benzene rings is 1. The molecule has 0 saturated heterocycles. The molecule has 4 nitrogen and oxygen atoms in total. The third-order valence-electron chi connectivity index (χ3n) is 4.99. The molecule has 2 aliphatic carbocycles. The predicted octanol–water partition coefficient (Wildman–Crippen LogP) is 4.73. The van der Waals surface area contributed by atoms with Crippen LogP contribution in [0.5, 0.6) is 0 Å². The molecule has 2 aliphatic rings. The molecular formula is C20H29BrN2O2. The van der Waals surface area contributed by atoms with E-state index in [0.29, 0.717) is 18.0 Å². The van der Waals surface area contributed by atoms with E-state index in [1.54, 1.807) is 0 Å². The van der Waals surface area contributed by atoms with E-state index < -0.39 is 5.60 Å². The van der Waals surface area contributed by atoms with Crippen LogP contribution in [0.3, 0.4) is 0 Å². The van der Waals surface area contributed by atoms with Crippen LogP contribution in [0.1, 0.15) is 64.4 Å². The number of amides is 1. The first-order valence-corrected chi connectivity index (χ1v) is 10.1. The Morgan fingerprint density at radius 2 is 1.68 bits per heavy atom. The van der Waals surface area contributed by atoms with Gasteiger partial charge >= 0.3 is 6.09 Å². The van der Waals surface area contributed by atoms with Crippen LogP contribution in [0.15, 0.2) is 28.7 Å². The molecule has 2 fully saturated rings. The van der Waals surface area contributed by atoms with Crippen LogP contribution in [-0.2, 0) is 4.74 Å². The first-order valence-electron chi connectivity index (χ1n) is 9.31. The maximum atomic E-state index is 11.9. The summed E-state index contributed by atoms with van der Waals surface area (Å²) in [5.74, 6) is 0.658. The van der Waals surface area contributed by atoms with Crippen molar-refractivity contribution in [3.05, 3.63) is 34.3 Å². The number of carbonyl (C=O) groups is 1. The smallest absolute Gasteiger partial charge is 0.407 e. The van der Waals surface area contributed by atoms with Gasteiger partial charge in [-0.25, -0.2) is 4.79 Å². The zero-order valence-electron chi connectivity index (χ0n) is 15.3. The van der Waals surface area contributed by atoms with E-state index in [1.165, 1.54) is 12.0 Å². The number of hydrogen-bond acceptors (Lipinski definition) is 3. The van der Waals surface area contributed by atoms with Crippen molar-refractivity contribution in [1.29, 1.82) is 0 Å². The highest BCUT2D eigenvalue weighted by molar-refractivity contribution is 9.10. The lowest BCUT2D eigenvalue weighted by atomic mass is 9.91. The van der Waals surface area contributed by atoms with Crippen molar-refractivity contribution < 1.29 is 9.53 Å². The minimum Gasteiger partial charge on any atom is -0.444 e. The average Bonchev–Trinajstić information content (AvgIpc) is 3.27. The molecule has 25 heavy (non-hydrogen) atoms. The first kappa shape index (κ1) is 18.7. The topological polar surface area (TPSA) is 50.4 Å². The van der Waals surface area contributed by atoms with Gasteiger partial charge < -0.3 is 15.4 Å². The molecule has 2 atom stereocenters. The molecule has 3 rings (SSSR count). The summed E-state index contributed by atoms with van der Waals surface area (Å²) in [5, 5.41) is 6.82. The highest BCUT2D eigenvalue weighted by atomic mass is 79.9. The fourth-order valence-corrected chi connectivity index (χ4v) is 3.90. The third kappa shape index (κ3) is 5.71. The normalized spacial score (nSPS) is 29.1. The molecule has 138 valence electrons. The van der Waals surface area contributed by atoms with Gasteiger partial charge in [0, 0.05) is 28.5 Å². The maximum Gasteiger partial charge on any atom is 0.407 e. The van der Waals surface area contributed by atoms with Gasteiger partial charge in [-0.15, -0.1) is 0 Å². The Kier molecular flexibility index (Phi) is 5.74. The van der Waals surface area contributed by atoms with E-state index in [1.807, 2.05) is 20.8 Å². The van der Waals surface area contributed by atoms with Gasteiger partial charge in [0.2, 0.25) is 0 Å². The minimum atomic E-state index is -0.434. The SMILES string of the molecule is CC(C)(C)OC(=O)N[C@H]1CC[C@@H](N[C@@H]2C[C@H]2c2ccc(Br)cc2)CC1. The molecule has 0 radical (unpaired) electrons. The van der Waals surface area contributed by atoms with E-state index in [4.69, 9.17) is 4.74 Å². The van der Waals surface area contributed by atoms with Crippen LogP contribution in [0.25, 0.3) is 0 Å². The molecule has 0 bridgehead atoms. The lowest BCUT2D eigenvalue weighted by molar-refractivity contribution is 0.0489. The Balaban J connectivity index is 1.37. The molecule has 2 N–H and O–H groups in total. The van der Waals surface area contributed by atoms with Crippen LogP contribution in [0.2, 0.25) is 0 Å². The molecule has 2 saturated carbocycles. The largest absolute Gasteiger partial charge is 0.444 e. The number of nitrogens with one attached hydrogen (secondary N) is 2. The zero-order chi connectivity index (χ0) is 18.0. The fraction of sp³-hybridized carbons (Fsp3) is 0.650. The van der Waals surface area contributed by atoms with Crippen molar-refractivity contribution in [1.82, 2.24) is 10.6 Å². The van der Waals surface area contributed by atoms with Gasteiger partial charge in [-0.1, -0.05) is 28.1 Å². The summed E-state index contributed by atoms with van der Waals surface area (Å²) < 4.78 is 6.48. The molecule has 0 unspecified atom stereocenters. The second-order valence-corrected chi connectivity index (χ2v) is 9.28. The molecule has 0 aromatic heterocycles. The number of halogens is 1. The fourth-order valence-electron chi connectivity index (χ4n) is 3.64. The second kappa shape index (κ2) is 7.67. The van der Waals surface area contributed by atoms with Crippen molar-refractivity contribution in [3.63, 3.8) is 0 Å². The summed E-state index contributed by atoms with van der Waals surface area (Å²) in [6, 6.07) is 10.1. The van der Waals surface area contributed by atoms with E-state index in [2.05, 4.69) is 50.8 Å². The van der Waals surface area contributed by atoms with Crippen LogP contribution in [0.4, 0.5) is 4.79 Å². The minimum absolute atomic E-state index is 0.245. The summed E-state index contributed by atoms with van der Waals surface area (Å²) in [6.07, 6.45) is 5.21. The molecule has 0 aliphatic heterocycles. The van der Waals surface area contributed by atoms with Crippen LogP contribution in [-0.4, -0.2) is 29.8 Å². The number of hydrogen-bond donors (Lipinski definition) is 2. The van der Waals surface area contributed by atoms with Gasteiger partial charge in [0.15, 0.2) is 0 Å². The summed E-state index contributed by atoms with van der Waals surface area (Å²) in [6.45, 7) is 5.68. The Hall–Kier alpha value is -1.07. The maximum absolute atomic E-state index is 11.9. The average molecular weight is 409 g/mol. The number of alkyl carbamates (subject to hydrolysis) is 1. The van der Waals surface area contributed by atoms with Gasteiger partial charge in [-0.3, -0.25) is 0 Å². The standard InChI is InChI=1S/C20H29BrN2O2/c1-20(2,3)25-19(24)23-16-10-8-15(9-11-16)22-18-12-17(18)13-4-6-14(21)7-5-13/h4-7,15-18,22H,8-12H2,1-3H3,(H,23,24)/t15-,16+,17-,18+/m0/s1. The monoisotopic (exact) mass is 408 g/mol. The molecular weight excluding hydrogens is 380 g/mol. The van der Waals surface area contributed by atoms with Gasteiger partial charge in [0.1, 0.15) is 5.60 Å². The van der Waals surface area contributed by atoms with Crippen molar-refractivity contribution in [3.8, 4) is 0 Å². The third-order valence-corrected chi connectivity index (χ3v) is 5.52. The zero-order valence-corrected chi connectivity index (χ0v) is 16.9. The van der Waals surface area contributed by atoms with Crippen molar-refractivity contribution in [2.24, 2.45) is 0 Å². The summed E-state index contributed by atoms with van der Waals surface area (Å²) in [5.41, 5.74) is 0.998. The van der Waals surface area contributed by atoms with Gasteiger partial charge in [0.05, 0.1) is 0 Å². The molecule has 5 heteroatoms. The van der Waals surface area contributed by atoms with Crippen molar-refractivity contribution in [2.45, 2.75) is 82.5 Å². The molecule has 1 aromatic rings. The van der Waals surface area contributed by atoms with E-state index in [0.717, 1.165) is 30.2 Å². The van der Waals surface area contributed by atoms with Crippen LogP contribution >= 0.6 is 15.9 Å². The van der Waals surface area contributed by atoms with E-state index in [9.17, 15) is 4.79 Å². The lowest BCUT2D eigenvalue weighted by Crippen LogP contribution is -2.44. The van der Waals surface area contributed by atoms with Crippen molar-refractivity contribution in [2.75, 3.05) is 0 Å². The van der Waals surface area contributed by atoms with E-state index in [-0.39, 0.29) is 12.1 Å². The summed E-state index contributed by atoms with van der Waals surface area (Å²) in [7, 11) is 0.